The van der Waals surface area contributed by atoms with E-state index in [1.807, 2.05) is 36.6 Å². The Labute approximate surface area is 145 Å². The van der Waals surface area contributed by atoms with Crippen LogP contribution >= 0.6 is 11.3 Å². The fourth-order valence-electron chi connectivity index (χ4n) is 2.56. The van der Waals surface area contributed by atoms with E-state index >= 15 is 0 Å². The predicted octanol–water partition coefficient (Wildman–Crippen LogP) is 2.56. The number of ether oxygens (including phenoxy) is 1. The van der Waals surface area contributed by atoms with Gasteiger partial charge in [0.2, 0.25) is 5.91 Å². The molecule has 1 aliphatic rings. The molecule has 0 aliphatic heterocycles. The lowest BCUT2D eigenvalue weighted by Crippen LogP contribution is -2.42. The number of likely N-dealkylation sites (N-methyl/N-ethyl adjacent to an activating group) is 1. The van der Waals surface area contributed by atoms with Crippen LogP contribution in [0.25, 0.3) is 0 Å². The number of hydrogen-bond donors (Lipinski definition) is 1. The summed E-state index contributed by atoms with van der Waals surface area (Å²) in [5, 5.41) is 12.2. The summed E-state index contributed by atoms with van der Waals surface area (Å²) < 4.78 is 5.71. The number of aryl methyl sites for hydroxylation is 1. The van der Waals surface area contributed by atoms with Crippen LogP contribution in [-0.2, 0) is 17.8 Å². The van der Waals surface area contributed by atoms with E-state index in [1.54, 1.807) is 11.9 Å². The number of carbonyl (C=O) groups excluding carboxylic acids is 1. The lowest BCUT2D eigenvalue weighted by molar-refractivity contribution is -0.133. The highest BCUT2D eigenvalue weighted by molar-refractivity contribution is 7.09. The Kier molecular flexibility index (Phi) is 4.87. The number of rotatable bonds is 7. The van der Waals surface area contributed by atoms with Crippen molar-refractivity contribution in [1.29, 1.82) is 0 Å². The van der Waals surface area contributed by atoms with Crippen LogP contribution in [0.1, 0.15) is 29.1 Å². The molecule has 0 unspecified atom stereocenters. The van der Waals surface area contributed by atoms with Crippen molar-refractivity contribution in [3.8, 4) is 5.75 Å². The molecule has 1 heterocycles. The Morgan fingerprint density at radius 3 is 2.71 bits per heavy atom. The van der Waals surface area contributed by atoms with E-state index in [0.717, 1.165) is 29.3 Å². The fraction of sp³-hybridized carbons (Fsp3) is 0.444. The van der Waals surface area contributed by atoms with E-state index in [-0.39, 0.29) is 24.5 Å². The maximum absolute atomic E-state index is 12.3. The second-order valence-corrected chi connectivity index (χ2v) is 7.29. The van der Waals surface area contributed by atoms with E-state index in [1.165, 1.54) is 16.9 Å². The zero-order chi connectivity index (χ0) is 17.2. The third-order valence-electron chi connectivity index (χ3n) is 4.52. The molecule has 1 amide bonds. The first-order chi connectivity index (χ1) is 11.5. The molecule has 1 saturated carbocycles. The third kappa shape index (κ3) is 3.76. The lowest BCUT2D eigenvalue weighted by atomic mass is 10.2. The van der Waals surface area contributed by atoms with Crippen LogP contribution in [0, 0.1) is 6.92 Å². The summed E-state index contributed by atoms with van der Waals surface area (Å²) in [6.45, 7) is 2.47. The highest BCUT2D eigenvalue weighted by Crippen LogP contribution is 2.40. The Bertz CT molecular complexity index is 707. The summed E-state index contributed by atoms with van der Waals surface area (Å²) in [6.07, 6.45) is 2.01. The molecular weight excluding hydrogens is 324 g/mol. The summed E-state index contributed by atoms with van der Waals surface area (Å²) >= 11 is 1.50. The number of amides is 1. The van der Waals surface area contributed by atoms with Gasteiger partial charge in [-0.25, -0.2) is 4.98 Å². The molecule has 3 rings (SSSR count). The maximum Gasteiger partial charge on any atom is 0.228 e. The molecule has 1 aromatic carbocycles. The molecule has 5 nitrogen and oxygen atoms in total. The highest BCUT2D eigenvalue weighted by Gasteiger charge is 2.47. The van der Waals surface area contributed by atoms with Crippen LogP contribution < -0.4 is 4.74 Å². The molecule has 1 aliphatic carbocycles. The van der Waals surface area contributed by atoms with Gasteiger partial charge < -0.3 is 14.7 Å². The minimum Gasteiger partial charge on any atom is -0.486 e. The van der Waals surface area contributed by atoms with Crippen molar-refractivity contribution in [3.63, 3.8) is 0 Å². The summed E-state index contributed by atoms with van der Waals surface area (Å²) in [7, 11) is 1.76. The average molecular weight is 346 g/mol. The van der Waals surface area contributed by atoms with Crippen molar-refractivity contribution < 1.29 is 14.6 Å². The normalized spacial score (nSPS) is 15.1. The van der Waals surface area contributed by atoms with Crippen LogP contribution in [0.5, 0.6) is 5.75 Å². The topological polar surface area (TPSA) is 62.7 Å². The second kappa shape index (κ2) is 6.91. The molecule has 128 valence electrons. The second-order valence-electron chi connectivity index (χ2n) is 6.35. The van der Waals surface area contributed by atoms with Crippen LogP contribution in [-0.4, -0.2) is 40.1 Å². The summed E-state index contributed by atoms with van der Waals surface area (Å²) in [4.78, 5) is 18.5. The molecule has 0 saturated heterocycles. The van der Waals surface area contributed by atoms with Gasteiger partial charge in [-0.3, -0.25) is 4.79 Å². The summed E-state index contributed by atoms with van der Waals surface area (Å²) in [5.74, 6) is 0.810. The van der Waals surface area contributed by atoms with Crippen molar-refractivity contribution in [3.05, 3.63) is 45.9 Å². The van der Waals surface area contributed by atoms with E-state index in [0.29, 0.717) is 6.61 Å². The Balaban J connectivity index is 1.53. The van der Waals surface area contributed by atoms with Gasteiger partial charge >= 0.3 is 0 Å². The lowest BCUT2D eigenvalue weighted by Gasteiger charge is -2.26. The number of nitrogens with zero attached hydrogens (tertiary/aromatic N) is 2. The van der Waals surface area contributed by atoms with Gasteiger partial charge in [0.1, 0.15) is 17.4 Å². The standard InChI is InChI=1S/C18H22N2O3S/c1-13-3-5-15(6-4-13)23-10-16-19-14(11-24-16)9-17(22)20(2)18(12-21)7-8-18/h3-6,11,21H,7-10,12H2,1-2H3. The number of aromatic nitrogens is 1. The fourth-order valence-corrected chi connectivity index (χ4v) is 3.26. The molecule has 1 fully saturated rings. The van der Waals surface area contributed by atoms with Crippen LogP contribution in [0.4, 0.5) is 0 Å². The molecule has 0 radical (unpaired) electrons. The number of carbonyl (C=O) groups is 1. The monoisotopic (exact) mass is 346 g/mol. The van der Waals surface area contributed by atoms with Gasteiger partial charge in [0.25, 0.3) is 0 Å². The predicted molar refractivity (Wildman–Crippen MR) is 93.1 cm³/mol. The van der Waals surface area contributed by atoms with Gasteiger partial charge in [0, 0.05) is 12.4 Å². The Hall–Kier alpha value is -1.92. The average Bonchev–Trinajstić information content (AvgIpc) is 3.27. The van der Waals surface area contributed by atoms with Gasteiger partial charge in [-0.15, -0.1) is 11.3 Å². The zero-order valence-corrected chi connectivity index (χ0v) is 14.8. The number of benzene rings is 1. The molecule has 24 heavy (non-hydrogen) atoms. The molecular formula is C18H22N2O3S. The third-order valence-corrected chi connectivity index (χ3v) is 5.39. The zero-order valence-electron chi connectivity index (χ0n) is 14.0. The molecule has 6 heteroatoms. The van der Waals surface area contributed by atoms with Crippen molar-refractivity contribution in [2.45, 2.75) is 38.3 Å². The Morgan fingerprint density at radius 1 is 1.38 bits per heavy atom. The minimum atomic E-state index is -0.329. The Morgan fingerprint density at radius 2 is 2.08 bits per heavy atom. The van der Waals surface area contributed by atoms with Crippen LogP contribution in [0.2, 0.25) is 0 Å². The number of aliphatic hydroxyl groups is 1. The first-order valence-corrected chi connectivity index (χ1v) is 8.91. The SMILES string of the molecule is Cc1ccc(OCc2nc(CC(=O)N(C)C3(CO)CC3)cs2)cc1. The van der Waals surface area contributed by atoms with Crippen LogP contribution in [0.15, 0.2) is 29.6 Å². The van der Waals surface area contributed by atoms with E-state index in [4.69, 9.17) is 4.74 Å². The van der Waals surface area contributed by atoms with E-state index in [9.17, 15) is 9.90 Å². The quantitative estimate of drug-likeness (QED) is 0.837. The van der Waals surface area contributed by atoms with Gasteiger partial charge in [0.05, 0.1) is 24.3 Å². The molecule has 1 aromatic heterocycles. The number of hydrogen-bond acceptors (Lipinski definition) is 5. The molecule has 2 aromatic rings. The summed E-state index contributed by atoms with van der Waals surface area (Å²) in [5.41, 5.74) is 1.62. The van der Waals surface area contributed by atoms with Gasteiger partial charge in [0.15, 0.2) is 0 Å². The number of thiazole rings is 1. The smallest absolute Gasteiger partial charge is 0.228 e. The molecule has 0 bridgehead atoms. The van der Waals surface area contributed by atoms with Crippen molar-refractivity contribution in [1.82, 2.24) is 9.88 Å². The van der Waals surface area contributed by atoms with Crippen LogP contribution in [0.3, 0.4) is 0 Å². The highest BCUT2D eigenvalue weighted by atomic mass is 32.1. The summed E-state index contributed by atoms with van der Waals surface area (Å²) in [6, 6.07) is 7.89. The minimum absolute atomic E-state index is 0.00199. The number of aliphatic hydroxyl groups excluding tert-OH is 1. The first-order valence-electron chi connectivity index (χ1n) is 8.03. The van der Waals surface area contributed by atoms with E-state index in [2.05, 4.69) is 4.98 Å². The van der Waals surface area contributed by atoms with Gasteiger partial charge in [-0.1, -0.05) is 17.7 Å². The van der Waals surface area contributed by atoms with Crippen molar-refractivity contribution >= 4 is 17.2 Å². The maximum atomic E-state index is 12.3. The van der Waals surface area contributed by atoms with Crippen molar-refractivity contribution in [2.75, 3.05) is 13.7 Å². The molecule has 1 N–H and O–H groups in total. The van der Waals surface area contributed by atoms with Gasteiger partial charge in [-0.2, -0.15) is 0 Å². The molecule has 0 atom stereocenters. The first kappa shape index (κ1) is 16.9. The largest absolute Gasteiger partial charge is 0.486 e. The van der Waals surface area contributed by atoms with Gasteiger partial charge in [-0.05, 0) is 31.9 Å². The van der Waals surface area contributed by atoms with E-state index < -0.39 is 0 Å². The van der Waals surface area contributed by atoms with Crippen molar-refractivity contribution in [2.24, 2.45) is 0 Å². The molecule has 0 spiro atoms.